The van der Waals surface area contributed by atoms with Crippen LogP contribution in [0.15, 0.2) is 0 Å². The number of nitrogens with zero attached hydrogens (tertiary/aromatic N) is 1. The van der Waals surface area contributed by atoms with Gasteiger partial charge in [0.15, 0.2) is 5.25 Å². The molecule has 2 N–H and O–H groups in total. The number of carbonyl (C=O) groups is 1. The highest BCUT2D eigenvalue weighted by molar-refractivity contribution is 7.90. The van der Waals surface area contributed by atoms with Crippen molar-refractivity contribution in [2.75, 3.05) is 6.54 Å². The van der Waals surface area contributed by atoms with E-state index in [0.29, 0.717) is 0 Å². The van der Waals surface area contributed by atoms with E-state index in [-0.39, 0.29) is 6.54 Å². The molecule has 0 saturated heterocycles. The van der Waals surface area contributed by atoms with Gasteiger partial charge in [0.25, 0.3) is 0 Å². The molecule has 0 heterocycles. The molecule has 0 bridgehead atoms. The summed E-state index contributed by atoms with van der Waals surface area (Å²) in [5, 5.41) is 9.88. The fraction of sp³-hybridized carbons (Fsp3) is 0.778. The average Bonchev–Trinajstić information content (AvgIpc) is 2.11. The summed E-state index contributed by atoms with van der Waals surface area (Å²) in [4.78, 5) is 11.3. The van der Waals surface area contributed by atoms with Crippen LogP contribution in [0, 0.1) is 11.3 Å². The molecule has 0 aliphatic rings. The highest BCUT2D eigenvalue weighted by Gasteiger charge is 2.21. The van der Waals surface area contributed by atoms with Gasteiger partial charge in [-0.25, -0.2) is 13.1 Å². The highest BCUT2D eigenvalue weighted by atomic mass is 32.2. The second-order valence-electron chi connectivity index (χ2n) is 4.44. The third-order valence-electron chi connectivity index (χ3n) is 1.60. The summed E-state index contributed by atoms with van der Waals surface area (Å²) in [6.07, 6.45) is 0. The minimum atomic E-state index is -3.73. The van der Waals surface area contributed by atoms with E-state index in [4.69, 9.17) is 5.26 Å². The Morgan fingerprint density at radius 2 is 1.94 bits per heavy atom. The van der Waals surface area contributed by atoms with Gasteiger partial charge in [0, 0.05) is 5.54 Å². The van der Waals surface area contributed by atoms with E-state index in [2.05, 4.69) is 10.0 Å². The first-order valence-corrected chi connectivity index (χ1v) is 6.32. The van der Waals surface area contributed by atoms with Crippen molar-refractivity contribution in [1.29, 1.82) is 5.26 Å². The fourth-order valence-corrected chi connectivity index (χ4v) is 1.54. The summed E-state index contributed by atoms with van der Waals surface area (Å²) in [7, 11) is -3.73. The predicted octanol–water partition coefficient (Wildman–Crippen LogP) is -0.267. The Labute approximate surface area is 96.1 Å². The van der Waals surface area contributed by atoms with Gasteiger partial charge in [0.2, 0.25) is 15.9 Å². The number of sulfonamides is 1. The largest absolute Gasteiger partial charge is 0.350 e. The summed E-state index contributed by atoms with van der Waals surface area (Å²) in [5.41, 5.74) is -0.413. The maximum atomic E-state index is 11.3. The second kappa shape index (κ2) is 5.27. The molecule has 0 aromatic heterocycles. The van der Waals surface area contributed by atoms with Crippen molar-refractivity contribution in [3.8, 4) is 6.07 Å². The third-order valence-corrected chi connectivity index (χ3v) is 3.18. The lowest BCUT2D eigenvalue weighted by atomic mass is 10.1. The molecule has 0 aliphatic heterocycles. The van der Waals surface area contributed by atoms with E-state index in [1.165, 1.54) is 6.92 Å². The molecule has 92 valence electrons. The summed E-state index contributed by atoms with van der Waals surface area (Å²) >= 11 is 0. The summed E-state index contributed by atoms with van der Waals surface area (Å²) in [5.74, 6) is -0.429. The normalized spacial score (nSPS) is 13.9. The van der Waals surface area contributed by atoms with E-state index >= 15 is 0 Å². The maximum absolute atomic E-state index is 11.3. The van der Waals surface area contributed by atoms with E-state index in [1.807, 2.05) is 0 Å². The maximum Gasteiger partial charge on any atom is 0.235 e. The molecule has 7 heteroatoms. The lowest BCUT2D eigenvalue weighted by molar-refractivity contribution is -0.121. The Kier molecular flexibility index (Phi) is 4.90. The monoisotopic (exact) mass is 247 g/mol. The number of hydrogen-bond donors (Lipinski definition) is 2. The molecule has 6 nitrogen and oxygen atoms in total. The molecule has 0 aliphatic carbocycles. The van der Waals surface area contributed by atoms with Crippen molar-refractivity contribution in [3.63, 3.8) is 0 Å². The molecule has 0 rings (SSSR count). The summed E-state index contributed by atoms with van der Waals surface area (Å²) < 4.78 is 24.7. The number of amides is 1. The summed E-state index contributed by atoms with van der Waals surface area (Å²) in [6.45, 7) is 6.27. The molecule has 0 radical (unpaired) electrons. The van der Waals surface area contributed by atoms with Gasteiger partial charge in [-0.3, -0.25) is 4.79 Å². The van der Waals surface area contributed by atoms with Crippen LogP contribution >= 0.6 is 0 Å². The van der Waals surface area contributed by atoms with Crippen molar-refractivity contribution in [1.82, 2.24) is 10.0 Å². The number of carbonyl (C=O) groups excluding carboxylic acids is 1. The number of hydrogen-bond acceptors (Lipinski definition) is 4. The Morgan fingerprint density at radius 3 is 2.31 bits per heavy atom. The molecule has 0 saturated carbocycles. The first kappa shape index (κ1) is 14.9. The minimum Gasteiger partial charge on any atom is -0.350 e. The van der Waals surface area contributed by atoms with Gasteiger partial charge in [-0.05, 0) is 27.7 Å². The van der Waals surface area contributed by atoms with Gasteiger partial charge < -0.3 is 5.32 Å². The van der Waals surface area contributed by atoms with Crippen molar-refractivity contribution in [2.45, 2.75) is 38.5 Å². The van der Waals surface area contributed by atoms with Crippen LogP contribution in [0.4, 0.5) is 0 Å². The van der Waals surface area contributed by atoms with E-state index in [1.54, 1.807) is 26.8 Å². The molecule has 0 fully saturated rings. The van der Waals surface area contributed by atoms with Crippen molar-refractivity contribution in [2.24, 2.45) is 0 Å². The van der Waals surface area contributed by atoms with Gasteiger partial charge in [-0.1, -0.05) is 0 Å². The molecule has 0 spiro atoms. The molecule has 0 aromatic carbocycles. The number of rotatable bonds is 4. The minimum absolute atomic E-state index is 0.356. The van der Waals surface area contributed by atoms with Gasteiger partial charge in [0.1, 0.15) is 0 Å². The second-order valence-corrected chi connectivity index (χ2v) is 6.52. The molecule has 1 unspecified atom stereocenters. The van der Waals surface area contributed by atoms with E-state index < -0.39 is 26.7 Å². The van der Waals surface area contributed by atoms with Crippen LogP contribution in [0.25, 0.3) is 0 Å². The fourth-order valence-electron chi connectivity index (χ4n) is 0.823. The third kappa shape index (κ3) is 5.68. The van der Waals surface area contributed by atoms with Crippen LogP contribution in [0.2, 0.25) is 0 Å². The first-order chi connectivity index (χ1) is 7.08. The van der Waals surface area contributed by atoms with Crippen LogP contribution in [-0.4, -0.2) is 31.7 Å². The lowest BCUT2D eigenvalue weighted by Crippen LogP contribution is -2.46. The van der Waals surface area contributed by atoms with Crippen LogP contribution in [0.1, 0.15) is 27.7 Å². The van der Waals surface area contributed by atoms with Crippen molar-refractivity contribution < 1.29 is 13.2 Å². The van der Waals surface area contributed by atoms with Crippen LogP contribution in [0.3, 0.4) is 0 Å². The van der Waals surface area contributed by atoms with Crippen molar-refractivity contribution >= 4 is 15.9 Å². The van der Waals surface area contributed by atoms with E-state index in [0.717, 1.165) is 0 Å². The molecular formula is C9H17N3O3S. The van der Waals surface area contributed by atoms with Crippen LogP contribution < -0.4 is 10.0 Å². The Balaban J connectivity index is 4.28. The molecule has 0 aromatic rings. The Hall–Kier alpha value is -1.13. The average molecular weight is 247 g/mol. The smallest absolute Gasteiger partial charge is 0.235 e. The molecule has 1 amide bonds. The van der Waals surface area contributed by atoms with Crippen molar-refractivity contribution in [3.05, 3.63) is 0 Å². The zero-order valence-corrected chi connectivity index (χ0v) is 10.7. The van der Waals surface area contributed by atoms with Crippen LogP contribution in [-0.2, 0) is 14.8 Å². The Bertz CT molecular complexity index is 389. The van der Waals surface area contributed by atoms with E-state index in [9.17, 15) is 13.2 Å². The molecular weight excluding hydrogens is 230 g/mol. The van der Waals surface area contributed by atoms with Gasteiger partial charge >= 0.3 is 0 Å². The quantitative estimate of drug-likeness (QED) is 0.714. The number of nitriles is 1. The zero-order valence-electron chi connectivity index (χ0n) is 9.86. The molecule has 1 atom stereocenters. The first-order valence-electron chi connectivity index (χ1n) is 4.77. The van der Waals surface area contributed by atoms with Gasteiger partial charge in [-0.15, -0.1) is 0 Å². The lowest BCUT2D eigenvalue weighted by Gasteiger charge is -2.20. The van der Waals surface area contributed by atoms with Gasteiger partial charge in [-0.2, -0.15) is 5.26 Å². The van der Waals surface area contributed by atoms with Crippen LogP contribution in [0.5, 0.6) is 0 Å². The van der Waals surface area contributed by atoms with Gasteiger partial charge in [0.05, 0.1) is 12.6 Å². The summed E-state index contributed by atoms with van der Waals surface area (Å²) in [6, 6.07) is 1.60. The topological polar surface area (TPSA) is 99.1 Å². The standard InChI is InChI=1S/C9H17N3O3S/c1-7(5-10)16(14,15)11-6-8(13)12-9(2,3)4/h7,11H,6H2,1-4H3,(H,12,13). The molecule has 16 heavy (non-hydrogen) atoms. The number of nitrogens with one attached hydrogen (secondary N) is 2. The highest BCUT2D eigenvalue weighted by Crippen LogP contribution is 1.98. The predicted molar refractivity (Wildman–Crippen MR) is 59.9 cm³/mol. The SMILES string of the molecule is CC(C#N)S(=O)(=O)NCC(=O)NC(C)(C)C. The Morgan fingerprint density at radius 1 is 1.44 bits per heavy atom. The zero-order chi connectivity index (χ0) is 13.0.